The Balaban J connectivity index is 1.65. The molecule has 2 aromatic rings. The zero-order chi connectivity index (χ0) is 19.4. The van der Waals surface area contributed by atoms with Gasteiger partial charge in [0.15, 0.2) is 0 Å². The molecule has 0 radical (unpaired) electrons. The quantitative estimate of drug-likeness (QED) is 0.764. The number of benzene rings is 1. The largest absolute Gasteiger partial charge is 0.497 e. The first-order valence-corrected chi connectivity index (χ1v) is 10.7. The van der Waals surface area contributed by atoms with Crippen molar-refractivity contribution in [3.8, 4) is 5.75 Å². The summed E-state index contributed by atoms with van der Waals surface area (Å²) in [6.07, 6.45) is 0.988. The molecule has 0 saturated heterocycles. The lowest BCUT2D eigenvalue weighted by Crippen LogP contribution is -2.42. The van der Waals surface area contributed by atoms with Crippen LogP contribution in [0, 0.1) is 5.92 Å². The van der Waals surface area contributed by atoms with Crippen LogP contribution in [-0.2, 0) is 22.6 Å². The van der Waals surface area contributed by atoms with Crippen molar-refractivity contribution in [1.29, 1.82) is 0 Å². The zero-order valence-electron chi connectivity index (χ0n) is 15.8. The number of fused-ring (bicyclic) bond motifs is 1. The van der Waals surface area contributed by atoms with Crippen molar-refractivity contribution in [3.63, 3.8) is 0 Å². The van der Waals surface area contributed by atoms with Crippen LogP contribution in [0.5, 0.6) is 5.75 Å². The minimum Gasteiger partial charge on any atom is -0.497 e. The van der Waals surface area contributed by atoms with Gasteiger partial charge in [0.1, 0.15) is 12.3 Å². The van der Waals surface area contributed by atoms with Crippen molar-refractivity contribution in [2.24, 2.45) is 5.92 Å². The van der Waals surface area contributed by atoms with Crippen LogP contribution in [0.1, 0.15) is 24.3 Å². The summed E-state index contributed by atoms with van der Waals surface area (Å²) in [6, 6.07) is 9.64. The molecule has 0 spiro atoms. The Morgan fingerprint density at radius 3 is 2.89 bits per heavy atom. The molecule has 7 heteroatoms. The monoisotopic (exact) mass is 404 g/mol. The van der Waals surface area contributed by atoms with Crippen LogP contribution in [0.2, 0.25) is 0 Å². The summed E-state index contributed by atoms with van der Waals surface area (Å²) in [7, 11) is 1.61. The van der Waals surface area contributed by atoms with Crippen LogP contribution in [0.4, 0.5) is 5.69 Å². The minimum atomic E-state index is -0.166. The number of carbonyl (C=O) groups is 2. The second-order valence-corrected chi connectivity index (χ2v) is 9.26. The average molecular weight is 405 g/mol. The third-order valence-corrected chi connectivity index (χ3v) is 6.59. The van der Waals surface area contributed by atoms with Gasteiger partial charge in [0.25, 0.3) is 0 Å². The van der Waals surface area contributed by atoms with E-state index in [9.17, 15) is 9.59 Å². The number of carbonyl (C=O) groups excluding carboxylic acids is 2. The van der Waals surface area contributed by atoms with E-state index in [1.54, 1.807) is 35.1 Å². The Hall–Kier alpha value is -1.99. The molecule has 0 atom stereocenters. The van der Waals surface area contributed by atoms with Crippen LogP contribution < -0.4 is 15.0 Å². The van der Waals surface area contributed by atoms with Gasteiger partial charge < -0.3 is 15.0 Å². The van der Waals surface area contributed by atoms with Gasteiger partial charge in [-0.2, -0.15) is 0 Å². The number of rotatable bonds is 7. The smallest absolute Gasteiger partial charge is 0.240 e. The van der Waals surface area contributed by atoms with Gasteiger partial charge in [0.2, 0.25) is 11.8 Å². The predicted molar refractivity (Wildman–Crippen MR) is 111 cm³/mol. The molecule has 144 valence electrons. The molecule has 0 fully saturated rings. The molecule has 1 aliphatic heterocycles. The third kappa shape index (κ3) is 5.05. The highest BCUT2D eigenvalue weighted by atomic mass is 32.2. The second-order valence-electron chi connectivity index (χ2n) is 6.88. The molecule has 27 heavy (non-hydrogen) atoms. The summed E-state index contributed by atoms with van der Waals surface area (Å²) in [5.74, 6) is 1.52. The highest BCUT2D eigenvalue weighted by Crippen LogP contribution is 2.42. The third-order valence-electron chi connectivity index (χ3n) is 4.18. The van der Waals surface area contributed by atoms with Crippen LogP contribution in [-0.4, -0.2) is 31.2 Å². The lowest BCUT2D eigenvalue weighted by molar-refractivity contribution is -0.123. The molecule has 0 bridgehead atoms. The first-order chi connectivity index (χ1) is 13.0. The SMILES string of the molecule is COc1cccc(CNC(=O)CN2C(=O)CSc3sc(CC(C)C)cc32)c1. The van der Waals surface area contributed by atoms with E-state index < -0.39 is 0 Å². The lowest BCUT2D eigenvalue weighted by atomic mass is 10.1. The molecule has 3 rings (SSSR count). The molecule has 0 unspecified atom stereocenters. The fraction of sp³-hybridized carbons (Fsp3) is 0.400. The van der Waals surface area contributed by atoms with Crippen molar-refractivity contribution in [3.05, 3.63) is 40.8 Å². The standard InChI is InChI=1S/C20H24N2O3S2/c1-13(2)7-16-9-17-20(27-16)26-12-19(24)22(17)11-18(23)21-10-14-5-4-6-15(8-14)25-3/h4-6,8-9,13H,7,10-12H2,1-3H3,(H,21,23). The van der Waals surface area contributed by atoms with Gasteiger partial charge in [-0.3, -0.25) is 9.59 Å². The van der Waals surface area contributed by atoms with Gasteiger partial charge in [-0.05, 0) is 36.1 Å². The fourth-order valence-electron chi connectivity index (χ4n) is 2.90. The second kappa shape index (κ2) is 8.80. The topological polar surface area (TPSA) is 58.6 Å². The van der Waals surface area contributed by atoms with Gasteiger partial charge in [0, 0.05) is 11.4 Å². The molecule has 1 aliphatic rings. The number of thiophene rings is 1. The summed E-state index contributed by atoms with van der Waals surface area (Å²) in [4.78, 5) is 27.7. The number of thioether (sulfide) groups is 1. The van der Waals surface area contributed by atoms with E-state index in [0.29, 0.717) is 18.2 Å². The molecule has 1 N–H and O–H groups in total. The number of anilines is 1. The lowest BCUT2D eigenvalue weighted by Gasteiger charge is -2.25. The van der Waals surface area contributed by atoms with Crippen molar-refractivity contribution in [1.82, 2.24) is 5.32 Å². The van der Waals surface area contributed by atoms with Gasteiger partial charge in [-0.15, -0.1) is 23.1 Å². The van der Waals surface area contributed by atoms with Gasteiger partial charge in [-0.1, -0.05) is 26.0 Å². The number of nitrogens with zero attached hydrogens (tertiary/aromatic N) is 1. The number of hydrogen-bond acceptors (Lipinski definition) is 5. The fourth-order valence-corrected chi connectivity index (χ4v) is 5.46. The van der Waals surface area contributed by atoms with E-state index in [1.165, 1.54) is 4.88 Å². The Kier molecular flexibility index (Phi) is 6.44. The number of methoxy groups -OCH3 is 1. The van der Waals surface area contributed by atoms with Crippen LogP contribution in [0.25, 0.3) is 0 Å². The van der Waals surface area contributed by atoms with E-state index in [-0.39, 0.29) is 18.4 Å². The Labute approximate surface area is 168 Å². The minimum absolute atomic E-state index is 0.0158. The summed E-state index contributed by atoms with van der Waals surface area (Å²) in [6.45, 7) is 4.82. The molecule has 2 heterocycles. The molecular weight excluding hydrogens is 380 g/mol. The molecule has 0 saturated carbocycles. The van der Waals surface area contributed by atoms with Crippen LogP contribution in [0.15, 0.2) is 34.5 Å². The van der Waals surface area contributed by atoms with E-state index in [4.69, 9.17) is 4.74 Å². The number of nitrogens with one attached hydrogen (secondary N) is 1. The average Bonchev–Trinajstić information content (AvgIpc) is 3.04. The molecule has 2 amide bonds. The maximum atomic E-state index is 12.4. The Bertz CT molecular complexity index is 832. The number of amides is 2. The first-order valence-electron chi connectivity index (χ1n) is 8.91. The van der Waals surface area contributed by atoms with Gasteiger partial charge in [-0.25, -0.2) is 0 Å². The van der Waals surface area contributed by atoms with E-state index in [2.05, 4.69) is 25.2 Å². The van der Waals surface area contributed by atoms with Crippen LogP contribution >= 0.6 is 23.1 Å². The Morgan fingerprint density at radius 2 is 2.15 bits per heavy atom. The summed E-state index contributed by atoms with van der Waals surface area (Å²) >= 11 is 3.31. The highest BCUT2D eigenvalue weighted by Gasteiger charge is 2.28. The predicted octanol–water partition coefficient (Wildman–Crippen LogP) is 3.71. The summed E-state index contributed by atoms with van der Waals surface area (Å²) in [5.41, 5.74) is 1.84. The molecule has 1 aromatic carbocycles. The van der Waals surface area contributed by atoms with Crippen molar-refractivity contribution in [2.75, 3.05) is 24.3 Å². The van der Waals surface area contributed by atoms with Gasteiger partial charge >= 0.3 is 0 Å². The first kappa shape index (κ1) is 19.8. The van der Waals surface area contributed by atoms with E-state index >= 15 is 0 Å². The van der Waals surface area contributed by atoms with Crippen LogP contribution in [0.3, 0.4) is 0 Å². The normalized spacial score (nSPS) is 13.6. The maximum absolute atomic E-state index is 12.4. The van der Waals surface area contributed by atoms with Crippen molar-refractivity contribution in [2.45, 2.75) is 31.0 Å². The number of ether oxygens (including phenoxy) is 1. The number of hydrogen-bond donors (Lipinski definition) is 1. The van der Waals surface area contributed by atoms with Crippen molar-refractivity contribution >= 4 is 40.6 Å². The summed E-state index contributed by atoms with van der Waals surface area (Å²) in [5, 5.41) is 2.90. The van der Waals surface area contributed by atoms with Crippen molar-refractivity contribution < 1.29 is 14.3 Å². The molecule has 5 nitrogen and oxygen atoms in total. The molecule has 1 aromatic heterocycles. The van der Waals surface area contributed by atoms with E-state index in [1.807, 2.05) is 24.3 Å². The molecular formula is C20H24N2O3S2. The highest BCUT2D eigenvalue weighted by molar-refractivity contribution is 8.02. The molecule has 0 aliphatic carbocycles. The summed E-state index contributed by atoms with van der Waals surface area (Å²) < 4.78 is 6.33. The zero-order valence-corrected chi connectivity index (χ0v) is 17.4. The Morgan fingerprint density at radius 1 is 1.33 bits per heavy atom. The maximum Gasteiger partial charge on any atom is 0.240 e. The van der Waals surface area contributed by atoms with Gasteiger partial charge in [0.05, 0.1) is 22.8 Å². The van der Waals surface area contributed by atoms with E-state index in [0.717, 1.165) is 27.6 Å².